The highest BCUT2D eigenvalue weighted by Gasteiger charge is 2.37. The Hall–Kier alpha value is -2.38. The molecule has 0 unspecified atom stereocenters. The molecule has 0 aromatic heterocycles. The molecule has 0 spiro atoms. The largest absolute Gasteiger partial charge is 0.337 e. The number of carbonyl (C=O) groups excluding carboxylic acids is 1. The maximum Gasteiger partial charge on any atom is 0.240 e. The first-order chi connectivity index (χ1) is 14.9. The number of hydrogen-bond acceptors (Lipinski definition) is 4. The van der Waals surface area contributed by atoms with Gasteiger partial charge in [0.05, 0.1) is 17.5 Å². The minimum absolute atomic E-state index is 0.000705. The van der Waals surface area contributed by atoms with Crippen LogP contribution >= 0.6 is 0 Å². The molecule has 1 N–H and O–H groups in total. The second-order valence-electron chi connectivity index (χ2n) is 9.14. The van der Waals surface area contributed by atoms with E-state index in [2.05, 4.69) is 52.9 Å². The molecule has 1 atom stereocenters. The zero-order chi connectivity index (χ0) is 21.6. The van der Waals surface area contributed by atoms with Crippen LogP contribution < -0.4 is 4.72 Å². The van der Waals surface area contributed by atoms with Gasteiger partial charge in [-0.3, -0.25) is 14.4 Å². The van der Waals surface area contributed by atoms with Crippen LogP contribution in [-0.4, -0.2) is 49.8 Å². The van der Waals surface area contributed by atoms with Gasteiger partial charge in [0.2, 0.25) is 15.9 Å². The molecule has 2 aromatic carbocycles. The Morgan fingerprint density at radius 1 is 1.00 bits per heavy atom. The average molecular weight is 440 g/mol. The molecule has 3 aliphatic rings. The van der Waals surface area contributed by atoms with Crippen molar-refractivity contribution >= 4 is 21.6 Å². The van der Waals surface area contributed by atoms with E-state index in [4.69, 9.17) is 0 Å². The van der Waals surface area contributed by atoms with Crippen molar-refractivity contribution in [1.29, 1.82) is 0 Å². The molecule has 0 aliphatic carbocycles. The third-order valence-electron chi connectivity index (χ3n) is 6.95. The van der Waals surface area contributed by atoms with Gasteiger partial charge >= 0.3 is 0 Å². The van der Waals surface area contributed by atoms with Crippen molar-refractivity contribution in [2.75, 3.05) is 24.4 Å². The number of fused-ring (bicyclic) bond motifs is 1. The van der Waals surface area contributed by atoms with Crippen molar-refractivity contribution in [3.8, 4) is 0 Å². The predicted octanol–water partition coefficient (Wildman–Crippen LogP) is 3.23. The Bertz CT molecular complexity index is 1090. The minimum Gasteiger partial charge on any atom is -0.337 e. The van der Waals surface area contributed by atoms with Crippen molar-refractivity contribution in [2.45, 2.75) is 50.4 Å². The van der Waals surface area contributed by atoms with E-state index in [1.807, 2.05) is 11.0 Å². The molecule has 1 amide bonds. The van der Waals surface area contributed by atoms with Gasteiger partial charge < -0.3 is 4.90 Å². The molecule has 7 heteroatoms. The van der Waals surface area contributed by atoms with Crippen molar-refractivity contribution in [3.05, 3.63) is 64.7 Å². The fourth-order valence-corrected chi connectivity index (χ4v) is 6.43. The van der Waals surface area contributed by atoms with Gasteiger partial charge in [-0.05, 0) is 68.0 Å². The number of amides is 1. The summed E-state index contributed by atoms with van der Waals surface area (Å²) >= 11 is 0. The summed E-state index contributed by atoms with van der Waals surface area (Å²) in [4.78, 5) is 17.4. The Kier molecular flexibility index (Phi) is 5.26. The number of likely N-dealkylation sites (tertiary alicyclic amines) is 2. The molecule has 6 nitrogen and oxygen atoms in total. The van der Waals surface area contributed by atoms with E-state index in [0.717, 1.165) is 44.5 Å². The lowest BCUT2D eigenvalue weighted by atomic mass is 9.88. The van der Waals surface area contributed by atoms with Crippen LogP contribution in [0.5, 0.6) is 0 Å². The Balaban J connectivity index is 1.18. The molecular weight excluding hydrogens is 410 g/mol. The van der Waals surface area contributed by atoms with Crippen molar-refractivity contribution in [3.63, 3.8) is 0 Å². The van der Waals surface area contributed by atoms with Gasteiger partial charge in [-0.2, -0.15) is 0 Å². The van der Waals surface area contributed by atoms with E-state index in [0.29, 0.717) is 18.2 Å². The lowest BCUT2D eigenvalue weighted by Crippen LogP contribution is -2.45. The predicted molar refractivity (Wildman–Crippen MR) is 121 cm³/mol. The van der Waals surface area contributed by atoms with Gasteiger partial charge in [0.1, 0.15) is 0 Å². The molecular formula is C24H29N3O3S. The highest BCUT2D eigenvalue weighted by molar-refractivity contribution is 7.92. The molecule has 0 radical (unpaired) electrons. The van der Waals surface area contributed by atoms with Crippen LogP contribution in [0.1, 0.15) is 47.4 Å². The molecule has 3 heterocycles. The zero-order valence-electron chi connectivity index (χ0n) is 17.9. The molecule has 0 bridgehead atoms. The van der Waals surface area contributed by atoms with Crippen molar-refractivity contribution in [2.24, 2.45) is 0 Å². The average Bonchev–Trinajstić information content (AvgIpc) is 3.27. The number of anilines is 1. The number of rotatable bonds is 4. The second-order valence-corrected chi connectivity index (χ2v) is 10.9. The van der Waals surface area contributed by atoms with Crippen molar-refractivity contribution in [1.82, 2.24) is 9.80 Å². The molecule has 31 heavy (non-hydrogen) atoms. The number of nitrogens with one attached hydrogen (secondary N) is 1. The summed E-state index contributed by atoms with van der Waals surface area (Å²) in [5, 5.41) is 0. The van der Waals surface area contributed by atoms with Gasteiger partial charge in [0.15, 0.2) is 0 Å². The number of carbonyl (C=O) groups is 1. The first kappa shape index (κ1) is 20.5. The fraction of sp³-hybridized carbons (Fsp3) is 0.458. The smallest absolute Gasteiger partial charge is 0.240 e. The van der Waals surface area contributed by atoms with Crippen LogP contribution in [-0.2, 0) is 27.1 Å². The normalized spacial score (nSPS) is 23.7. The molecule has 3 aliphatic heterocycles. The SMILES string of the molecule is Cc1ccc(CN2CC[C@@H](N3CCC(c4ccc5c(c4)CS(=O)(=O)N5)CC3)C2=O)cc1. The number of piperidine rings is 1. The van der Waals surface area contributed by atoms with Gasteiger partial charge in [0, 0.05) is 13.1 Å². The quantitative estimate of drug-likeness (QED) is 0.794. The van der Waals surface area contributed by atoms with Crippen molar-refractivity contribution < 1.29 is 13.2 Å². The number of sulfonamides is 1. The molecule has 2 saturated heterocycles. The summed E-state index contributed by atoms with van der Waals surface area (Å²) < 4.78 is 26.2. The molecule has 5 rings (SSSR count). The maximum atomic E-state index is 13.0. The van der Waals surface area contributed by atoms with Gasteiger partial charge in [-0.15, -0.1) is 0 Å². The van der Waals surface area contributed by atoms with E-state index < -0.39 is 10.0 Å². The van der Waals surface area contributed by atoms with E-state index in [1.165, 1.54) is 16.7 Å². The van der Waals surface area contributed by atoms with Gasteiger partial charge in [0.25, 0.3) is 0 Å². The monoisotopic (exact) mass is 439 g/mol. The summed E-state index contributed by atoms with van der Waals surface area (Å²) in [6.45, 7) is 5.41. The van der Waals surface area contributed by atoms with E-state index in [1.54, 1.807) is 0 Å². The van der Waals surface area contributed by atoms with Crippen LogP contribution in [0.2, 0.25) is 0 Å². The Morgan fingerprint density at radius 2 is 1.74 bits per heavy atom. The number of hydrogen-bond donors (Lipinski definition) is 1. The van der Waals surface area contributed by atoms with E-state index >= 15 is 0 Å². The molecule has 0 saturated carbocycles. The van der Waals surface area contributed by atoms with E-state index in [-0.39, 0.29) is 17.7 Å². The lowest BCUT2D eigenvalue weighted by molar-refractivity contribution is -0.133. The number of benzene rings is 2. The van der Waals surface area contributed by atoms with Crippen LogP contribution in [0, 0.1) is 6.92 Å². The highest BCUT2D eigenvalue weighted by Crippen LogP contribution is 2.35. The zero-order valence-corrected chi connectivity index (χ0v) is 18.7. The summed E-state index contributed by atoms with van der Waals surface area (Å²) in [5.41, 5.74) is 5.23. The van der Waals surface area contributed by atoms with Crippen LogP contribution in [0.25, 0.3) is 0 Å². The first-order valence-corrected chi connectivity index (χ1v) is 12.7. The second kappa shape index (κ2) is 7.95. The Labute approximate surface area is 184 Å². The van der Waals surface area contributed by atoms with Crippen LogP contribution in [0.4, 0.5) is 5.69 Å². The van der Waals surface area contributed by atoms with Gasteiger partial charge in [-0.25, -0.2) is 8.42 Å². The summed E-state index contributed by atoms with van der Waals surface area (Å²) in [7, 11) is -3.21. The molecule has 2 fully saturated rings. The fourth-order valence-electron chi connectivity index (χ4n) is 5.17. The minimum atomic E-state index is -3.21. The first-order valence-electron chi connectivity index (χ1n) is 11.1. The highest BCUT2D eigenvalue weighted by atomic mass is 32.2. The van der Waals surface area contributed by atoms with Gasteiger partial charge in [-0.1, -0.05) is 42.0 Å². The Morgan fingerprint density at radius 3 is 2.48 bits per heavy atom. The molecule has 2 aromatic rings. The third-order valence-corrected chi connectivity index (χ3v) is 8.17. The summed E-state index contributed by atoms with van der Waals surface area (Å²) in [6.07, 6.45) is 2.90. The standard InChI is InChI=1S/C24H29N3O3S/c1-17-2-4-18(5-3-17)15-27-13-10-23(24(27)28)26-11-8-19(9-12-26)20-6-7-22-21(14-20)16-31(29,30)25-22/h2-7,14,19,23,25H,8-13,15-16H2,1H3/t23-/m1/s1. The number of nitrogens with zero attached hydrogens (tertiary/aromatic N) is 2. The molecule has 164 valence electrons. The summed E-state index contributed by atoms with van der Waals surface area (Å²) in [5.74, 6) is 0.750. The van der Waals surface area contributed by atoms with Crippen LogP contribution in [0.15, 0.2) is 42.5 Å². The maximum absolute atomic E-state index is 13.0. The van der Waals surface area contributed by atoms with Crippen LogP contribution in [0.3, 0.4) is 0 Å². The number of aryl methyl sites for hydroxylation is 1. The summed E-state index contributed by atoms with van der Waals surface area (Å²) in [6, 6.07) is 14.4. The van der Waals surface area contributed by atoms with E-state index in [9.17, 15) is 13.2 Å². The lowest BCUT2D eigenvalue weighted by Gasteiger charge is -2.35. The topological polar surface area (TPSA) is 69.7 Å². The third kappa shape index (κ3) is 4.21.